The molecule has 0 rings (SSSR count). The highest BCUT2D eigenvalue weighted by atomic mass is 31.2. The summed E-state index contributed by atoms with van der Waals surface area (Å²) in [7, 11) is 1.45. The van der Waals surface area contributed by atoms with E-state index in [1.165, 1.54) is 238 Å². The standard InChI is InChI=1S/C57H117N2O7P/c1-6-8-10-12-14-16-18-20-21-22-23-24-25-26-27-28-29-30-31-32-33-34-35-36-37-38-40-42-44-46-48-50-56(61)58-54(53-66-67(63,64)65-52-51-59(3,4)5)57(62)55(60)49-47-45-43-41-39-19-17-15-13-11-9-7-2/h54-55,57,60,62H,6-53H2,1-5H3,(H-,58,61,63,64)/p+1. The van der Waals surface area contributed by atoms with Gasteiger partial charge in [-0.1, -0.05) is 284 Å². The fourth-order valence-corrected chi connectivity index (χ4v) is 10.0. The number of phosphoric ester groups is 1. The van der Waals surface area contributed by atoms with Crippen molar-refractivity contribution >= 4 is 13.7 Å². The number of likely N-dealkylation sites (N-methyl/N-ethyl adjacent to an activating group) is 1. The molecule has 4 atom stereocenters. The molecule has 4 N–H and O–H groups in total. The SMILES string of the molecule is CCCCCCCCCCCCCCCCCCCCCCCCCCCCCCCCCC(=O)NC(COP(=O)(O)OCC[N+](C)(C)C)C(O)C(O)CCCCCCCCCCCCCC. The van der Waals surface area contributed by atoms with Gasteiger partial charge >= 0.3 is 7.82 Å². The average Bonchev–Trinajstić information content (AvgIpc) is 3.29. The summed E-state index contributed by atoms with van der Waals surface area (Å²) >= 11 is 0. The van der Waals surface area contributed by atoms with Crippen molar-refractivity contribution in [1.82, 2.24) is 5.32 Å². The lowest BCUT2D eigenvalue weighted by atomic mass is 9.99. The zero-order valence-electron chi connectivity index (χ0n) is 45.5. The molecule has 0 aromatic heterocycles. The molecular weight excluding hydrogens is 856 g/mol. The zero-order valence-corrected chi connectivity index (χ0v) is 46.4. The van der Waals surface area contributed by atoms with Crippen molar-refractivity contribution in [2.75, 3.05) is 40.9 Å². The Morgan fingerprint density at radius 1 is 0.463 bits per heavy atom. The van der Waals surface area contributed by atoms with Gasteiger partial charge in [-0.25, -0.2) is 4.57 Å². The lowest BCUT2D eigenvalue weighted by Gasteiger charge is -2.28. The second kappa shape index (κ2) is 49.1. The number of aliphatic hydroxyl groups excluding tert-OH is 2. The first-order valence-corrected chi connectivity index (χ1v) is 31.0. The minimum atomic E-state index is -4.41. The number of unbranched alkanes of at least 4 members (excludes halogenated alkanes) is 41. The third kappa shape index (κ3) is 50.2. The maximum atomic E-state index is 13.0. The van der Waals surface area contributed by atoms with Crippen LogP contribution in [-0.2, 0) is 18.4 Å². The fraction of sp³-hybridized carbons (Fsp3) is 0.982. The maximum absolute atomic E-state index is 13.0. The van der Waals surface area contributed by atoms with Gasteiger partial charge in [-0.2, -0.15) is 0 Å². The number of phosphoric acid groups is 1. The third-order valence-corrected chi connectivity index (χ3v) is 14.9. The summed E-state index contributed by atoms with van der Waals surface area (Å²) in [5.74, 6) is -0.251. The number of hydrogen-bond donors (Lipinski definition) is 4. The first-order chi connectivity index (χ1) is 32.4. The molecule has 4 unspecified atom stereocenters. The Morgan fingerprint density at radius 3 is 1.04 bits per heavy atom. The maximum Gasteiger partial charge on any atom is 0.472 e. The van der Waals surface area contributed by atoms with Crippen molar-refractivity contribution in [2.45, 2.75) is 321 Å². The van der Waals surface area contributed by atoms with Crippen LogP contribution in [-0.4, -0.2) is 84.6 Å². The van der Waals surface area contributed by atoms with Crippen LogP contribution in [0.4, 0.5) is 0 Å². The summed E-state index contributed by atoms with van der Waals surface area (Å²) in [6, 6.07) is -1.03. The van der Waals surface area contributed by atoms with E-state index in [1.807, 2.05) is 21.1 Å². The molecule has 10 heteroatoms. The van der Waals surface area contributed by atoms with Crippen molar-refractivity contribution in [3.8, 4) is 0 Å². The first kappa shape index (κ1) is 66.5. The second-order valence-electron chi connectivity index (χ2n) is 21.9. The van der Waals surface area contributed by atoms with E-state index in [4.69, 9.17) is 9.05 Å². The van der Waals surface area contributed by atoms with Crippen LogP contribution in [0.5, 0.6) is 0 Å². The lowest BCUT2D eigenvalue weighted by Crippen LogP contribution is -2.51. The summed E-state index contributed by atoms with van der Waals surface area (Å²) in [6.07, 6.45) is 54.9. The Hall–Kier alpha value is -0.540. The first-order valence-electron chi connectivity index (χ1n) is 29.5. The van der Waals surface area contributed by atoms with Crippen LogP contribution >= 0.6 is 7.82 Å². The molecule has 0 aromatic carbocycles. The smallest absolute Gasteiger partial charge is 0.390 e. The van der Waals surface area contributed by atoms with Gasteiger partial charge in [-0.15, -0.1) is 0 Å². The normalized spacial score (nSPS) is 14.3. The summed E-state index contributed by atoms with van der Waals surface area (Å²) in [5.41, 5.74) is 0. The monoisotopic (exact) mass is 974 g/mol. The molecule has 0 saturated heterocycles. The number of carbonyl (C=O) groups excluding carboxylic acids is 1. The van der Waals surface area contributed by atoms with Gasteiger partial charge in [0.2, 0.25) is 5.91 Å². The third-order valence-electron chi connectivity index (χ3n) is 13.9. The summed E-state index contributed by atoms with van der Waals surface area (Å²) in [4.78, 5) is 23.3. The van der Waals surface area contributed by atoms with Crippen LogP contribution in [0.2, 0.25) is 0 Å². The van der Waals surface area contributed by atoms with E-state index in [1.54, 1.807) is 0 Å². The number of rotatable bonds is 55. The molecule has 0 fully saturated rings. The van der Waals surface area contributed by atoms with Crippen LogP contribution < -0.4 is 5.32 Å². The van der Waals surface area contributed by atoms with E-state index in [-0.39, 0.29) is 12.5 Å². The number of quaternary nitrogens is 1. The van der Waals surface area contributed by atoms with Gasteiger partial charge in [0, 0.05) is 6.42 Å². The topological polar surface area (TPSA) is 125 Å². The van der Waals surface area contributed by atoms with Gasteiger partial charge < -0.3 is 24.9 Å². The molecule has 0 saturated carbocycles. The molecule has 0 bridgehead atoms. The minimum Gasteiger partial charge on any atom is -0.390 e. The highest BCUT2D eigenvalue weighted by molar-refractivity contribution is 7.47. The largest absolute Gasteiger partial charge is 0.472 e. The number of carbonyl (C=O) groups is 1. The second-order valence-corrected chi connectivity index (χ2v) is 23.3. The number of amides is 1. The number of hydrogen-bond acceptors (Lipinski definition) is 6. The van der Waals surface area contributed by atoms with E-state index < -0.39 is 32.7 Å². The predicted octanol–water partition coefficient (Wildman–Crippen LogP) is 16.6. The minimum absolute atomic E-state index is 0.0259. The van der Waals surface area contributed by atoms with Crippen molar-refractivity contribution < 1.29 is 38.0 Å². The van der Waals surface area contributed by atoms with E-state index in [0.717, 1.165) is 38.5 Å². The molecule has 0 aliphatic rings. The van der Waals surface area contributed by atoms with E-state index in [2.05, 4.69) is 19.2 Å². The van der Waals surface area contributed by atoms with Gasteiger partial charge in [-0.3, -0.25) is 13.8 Å². The summed E-state index contributed by atoms with van der Waals surface area (Å²) in [6.45, 7) is 4.65. The number of nitrogens with zero attached hydrogens (tertiary/aromatic N) is 1. The van der Waals surface area contributed by atoms with Gasteiger partial charge in [-0.05, 0) is 12.8 Å². The van der Waals surface area contributed by atoms with Gasteiger partial charge in [0.15, 0.2) is 0 Å². The summed E-state index contributed by atoms with van der Waals surface area (Å²) < 4.78 is 23.6. The molecule has 0 heterocycles. The van der Waals surface area contributed by atoms with E-state index in [0.29, 0.717) is 23.9 Å². The van der Waals surface area contributed by atoms with E-state index >= 15 is 0 Å². The molecule has 402 valence electrons. The van der Waals surface area contributed by atoms with Crippen LogP contribution in [0.15, 0.2) is 0 Å². The molecule has 0 radical (unpaired) electrons. The molecule has 9 nitrogen and oxygen atoms in total. The molecule has 67 heavy (non-hydrogen) atoms. The zero-order chi connectivity index (χ0) is 49.4. The Morgan fingerprint density at radius 2 is 0.746 bits per heavy atom. The molecule has 0 aliphatic heterocycles. The van der Waals surface area contributed by atoms with Crippen LogP contribution in [0.25, 0.3) is 0 Å². The average molecular weight is 975 g/mol. The molecule has 0 spiro atoms. The van der Waals surface area contributed by atoms with Gasteiger partial charge in [0.25, 0.3) is 0 Å². The molecular formula is C57H118N2O7P+. The molecule has 0 aliphatic carbocycles. The number of aliphatic hydroxyl groups is 2. The van der Waals surface area contributed by atoms with Crippen LogP contribution in [0, 0.1) is 0 Å². The Labute approximate surface area is 417 Å². The van der Waals surface area contributed by atoms with Gasteiger partial charge in [0.1, 0.15) is 19.3 Å². The highest BCUT2D eigenvalue weighted by Crippen LogP contribution is 2.43. The van der Waals surface area contributed by atoms with Crippen LogP contribution in [0.3, 0.4) is 0 Å². The lowest BCUT2D eigenvalue weighted by molar-refractivity contribution is -0.870. The van der Waals surface area contributed by atoms with Crippen LogP contribution in [0.1, 0.15) is 303 Å². The van der Waals surface area contributed by atoms with Crippen molar-refractivity contribution in [1.29, 1.82) is 0 Å². The molecule has 1 amide bonds. The van der Waals surface area contributed by atoms with Crippen molar-refractivity contribution in [3.63, 3.8) is 0 Å². The highest BCUT2D eigenvalue weighted by Gasteiger charge is 2.32. The van der Waals surface area contributed by atoms with Gasteiger partial charge in [0.05, 0.1) is 39.9 Å². The predicted molar refractivity (Wildman–Crippen MR) is 288 cm³/mol. The van der Waals surface area contributed by atoms with Crippen molar-refractivity contribution in [3.05, 3.63) is 0 Å². The van der Waals surface area contributed by atoms with E-state index in [9.17, 15) is 24.5 Å². The fourth-order valence-electron chi connectivity index (χ4n) is 9.27. The Bertz CT molecular complexity index is 1080. The molecule has 0 aromatic rings. The number of nitrogens with one attached hydrogen (secondary N) is 1. The van der Waals surface area contributed by atoms with Crippen molar-refractivity contribution in [2.24, 2.45) is 0 Å². The Balaban J connectivity index is 4.03. The quantitative estimate of drug-likeness (QED) is 0.0272. The Kier molecular flexibility index (Phi) is 48.7. The summed E-state index contributed by atoms with van der Waals surface area (Å²) in [5, 5.41) is 24.8.